The molecular formula is C34H34N4O4. The van der Waals surface area contributed by atoms with Gasteiger partial charge in [0.1, 0.15) is 5.54 Å². The molecule has 2 fully saturated rings. The average Bonchev–Trinajstić information content (AvgIpc) is 3.61. The number of hydrogen-bond donors (Lipinski definition) is 3. The normalized spacial score (nSPS) is 16.4. The zero-order valence-corrected chi connectivity index (χ0v) is 23.6. The van der Waals surface area contributed by atoms with Crippen molar-refractivity contribution in [1.29, 1.82) is 0 Å². The number of amides is 2. The van der Waals surface area contributed by atoms with Crippen LogP contribution in [0.4, 0.5) is 5.69 Å². The molecule has 6 rings (SSSR count). The molecule has 2 heterocycles. The second kappa shape index (κ2) is 11.3. The predicted molar refractivity (Wildman–Crippen MR) is 163 cm³/mol. The minimum absolute atomic E-state index is 0.251. The number of anilines is 1. The third-order valence-corrected chi connectivity index (χ3v) is 8.80. The number of fused-ring (bicyclic) bond motifs is 1. The number of carboxylic acids is 1. The SMILES string of the molecule is Cn1c(-c2ccncc2)c(C2CCCC2)c2ccc(C(=O)NC3(C(=O)Nc4ccc(/C=C/C(=O)O)cc4)CCC3)cc21. The number of pyridine rings is 1. The van der Waals surface area contributed by atoms with Crippen LogP contribution in [-0.2, 0) is 16.6 Å². The molecule has 42 heavy (non-hydrogen) atoms. The number of aromatic nitrogens is 2. The van der Waals surface area contributed by atoms with E-state index < -0.39 is 11.5 Å². The summed E-state index contributed by atoms with van der Waals surface area (Å²) in [6.07, 6.45) is 13.0. The Kier molecular flexibility index (Phi) is 7.37. The minimum Gasteiger partial charge on any atom is -0.478 e. The maximum absolute atomic E-state index is 13.6. The third kappa shape index (κ3) is 5.20. The Morgan fingerprint density at radius 3 is 2.33 bits per heavy atom. The summed E-state index contributed by atoms with van der Waals surface area (Å²) in [4.78, 5) is 41.9. The van der Waals surface area contributed by atoms with Crippen molar-refractivity contribution in [2.45, 2.75) is 56.4 Å². The molecular weight excluding hydrogens is 528 g/mol. The largest absolute Gasteiger partial charge is 0.478 e. The van der Waals surface area contributed by atoms with E-state index in [1.165, 1.54) is 48.4 Å². The summed E-state index contributed by atoms with van der Waals surface area (Å²) in [7, 11) is 2.06. The lowest BCUT2D eigenvalue weighted by molar-refractivity contribution is -0.131. The zero-order chi connectivity index (χ0) is 29.3. The number of nitrogens with zero attached hydrogens (tertiary/aromatic N) is 2. The molecule has 214 valence electrons. The summed E-state index contributed by atoms with van der Waals surface area (Å²) >= 11 is 0. The van der Waals surface area contributed by atoms with E-state index in [9.17, 15) is 14.4 Å². The first-order valence-electron chi connectivity index (χ1n) is 14.5. The van der Waals surface area contributed by atoms with E-state index in [1.807, 2.05) is 36.7 Å². The molecule has 0 spiro atoms. The van der Waals surface area contributed by atoms with Crippen molar-refractivity contribution in [2.75, 3.05) is 5.32 Å². The van der Waals surface area contributed by atoms with Crippen LogP contribution >= 0.6 is 0 Å². The Morgan fingerprint density at radius 2 is 1.69 bits per heavy atom. The number of carboxylic acid groups (broad SMARTS) is 1. The molecule has 3 N–H and O–H groups in total. The van der Waals surface area contributed by atoms with Gasteiger partial charge in [-0.3, -0.25) is 14.6 Å². The number of aliphatic carboxylic acids is 1. The van der Waals surface area contributed by atoms with Gasteiger partial charge in [0, 0.05) is 53.2 Å². The lowest BCUT2D eigenvalue weighted by Crippen LogP contribution is -2.61. The fraction of sp³-hybridized carbons (Fsp3) is 0.294. The Hall–Kier alpha value is -4.72. The number of carbonyl (C=O) groups excluding carboxylic acids is 2. The van der Waals surface area contributed by atoms with Gasteiger partial charge in [-0.2, -0.15) is 0 Å². The van der Waals surface area contributed by atoms with Crippen molar-refractivity contribution < 1.29 is 19.5 Å². The van der Waals surface area contributed by atoms with Crippen molar-refractivity contribution in [3.63, 3.8) is 0 Å². The van der Waals surface area contributed by atoms with Gasteiger partial charge < -0.3 is 20.3 Å². The number of hydrogen-bond acceptors (Lipinski definition) is 4. The molecule has 2 aromatic carbocycles. The van der Waals surface area contributed by atoms with Gasteiger partial charge in [0.25, 0.3) is 5.91 Å². The van der Waals surface area contributed by atoms with E-state index in [2.05, 4.69) is 33.3 Å². The van der Waals surface area contributed by atoms with Crippen LogP contribution in [0.2, 0.25) is 0 Å². The van der Waals surface area contributed by atoms with Crippen LogP contribution in [0.15, 0.2) is 73.1 Å². The van der Waals surface area contributed by atoms with Crippen molar-refractivity contribution >= 4 is 40.4 Å². The summed E-state index contributed by atoms with van der Waals surface area (Å²) in [5, 5.41) is 16.0. The molecule has 0 atom stereocenters. The van der Waals surface area contributed by atoms with Gasteiger partial charge in [-0.15, -0.1) is 0 Å². The van der Waals surface area contributed by atoms with Crippen LogP contribution in [0.1, 0.15) is 72.3 Å². The molecule has 0 unspecified atom stereocenters. The molecule has 2 saturated carbocycles. The third-order valence-electron chi connectivity index (χ3n) is 8.80. The molecule has 4 aromatic rings. The first kappa shape index (κ1) is 27.4. The highest BCUT2D eigenvalue weighted by molar-refractivity contribution is 6.06. The molecule has 8 heteroatoms. The van der Waals surface area contributed by atoms with Crippen LogP contribution < -0.4 is 10.6 Å². The Morgan fingerprint density at radius 1 is 0.976 bits per heavy atom. The van der Waals surface area contributed by atoms with E-state index in [-0.39, 0.29) is 11.8 Å². The number of carbonyl (C=O) groups is 3. The van der Waals surface area contributed by atoms with Gasteiger partial charge in [-0.25, -0.2) is 4.79 Å². The van der Waals surface area contributed by atoms with Gasteiger partial charge in [0.15, 0.2) is 0 Å². The van der Waals surface area contributed by atoms with E-state index in [0.29, 0.717) is 35.6 Å². The smallest absolute Gasteiger partial charge is 0.328 e. The first-order valence-corrected chi connectivity index (χ1v) is 14.5. The lowest BCUT2D eigenvalue weighted by Gasteiger charge is -2.40. The Balaban J connectivity index is 1.25. The van der Waals surface area contributed by atoms with Crippen LogP contribution in [0, 0.1) is 0 Å². The maximum Gasteiger partial charge on any atom is 0.328 e. The second-order valence-electron chi connectivity index (χ2n) is 11.4. The summed E-state index contributed by atoms with van der Waals surface area (Å²) in [5.41, 5.74) is 5.49. The van der Waals surface area contributed by atoms with Crippen molar-refractivity contribution in [2.24, 2.45) is 7.05 Å². The van der Waals surface area contributed by atoms with Gasteiger partial charge >= 0.3 is 5.97 Å². The van der Waals surface area contributed by atoms with Gasteiger partial charge in [0.05, 0.1) is 5.69 Å². The van der Waals surface area contributed by atoms with Crippen LogP contribution in [0.5, 0.6) is 0 Å². The Bertz CT molecular complexity index is 1680. The van der Waals surface area contributed by atoms with Crippen molar-refractivity contribution in [3.8, 4) is 11.3 Å². The molecule has 2 amide bonds. The molecule has 0 bridgehead atoms. The monoisotopic (exact) mass is 562 g/mol. The first-order chi connectivity index (χ1) is 20.3. The summed E-state index contributed by atoms with van der Waals surface area (Å²) in [5.74, 6) is -1.06. The topological polar surface area (TPSA) is 113 Å². The van der Waals surface area contributed by atoms with E-state index in [4.69, 9.17) is 5.11 Å². The minimum atomic E-state index is -1.02. The molecule has 2 aliphatic rings. The van der Waals surface area contributed by atoms with Gasteiger partial charge in [0.2, 0.25) is 5.91 Å². The van der Waals surface area contributed by atoms with Crippen molar-refractivity contribution in [3.05, 3.63) is 89.8 Å². The summed E-state index contributed by atoms with van der Waals surface area (Å²) in [6, 6.07) is 16.9. The van der Waals surface area contributed by atoms with Crippen LogP contribution in [0.3, 0.4) is 0 Å². The standard InChI is InChI=1S/C34H34N4O4/c1-38-28-21-25(10-13-27(28)30(23-5-2-3-6-23)31(38)24-15-19-35-20-16-24)32(41)37-34(17-4-18-34)33(42)36-26-11-7-22(8-12-26)9-14-29(39)40/h7-16,19-21,23H,2-6,17-18H2,1H3,(H,36,42)(H,37,41)(H,39,40)/b14-9+. The number of benzene rings is 2. The van der Waals surface area contributed by atoms with Crippen molar-refractivity contribution in [1.82, 2.24) is 14.9 Å². The van der Waals surface area contributed by atoms with E-state index >= 15 is 0 Å². The second-order valence-corrected chi connectivity index (χ2v) is 11.4. The van der Waals surface area contributed by atoms with E-state index in [0.717, 1.165) is 23.6 Å². The Labute approximate surface area is 244 Å². The fourth-order valence-corrected chi connectivity index (χ4v) is 6.42. The highest BCUT2D eigenvalue weighted by Crippen LogP contribution is 2.44. The highest BCUT2D eigenvalue weighted by atomic mass is 16.4. The van der Waals surface area contributed by atoms with Gasteiger partial charge in [-0.05, 0) is 91.6 Å². The average molecular weight is 563 g/mol. The lowest BCUT2D eigenvalue weighted by atomic mass is 9.75. The maximum atomic E-state index is 13.6. The molecule has 8 nitrogen and oxygen atoms in total. The molecule has 0 aliphatic heterocycles. The molecule has 2 aliphatic carbocycles. The number of nitrogens with one attached hydrogen (secondary N) is 2. The fourth-order valence-electron chi connectivity index (χ4n) is 6.42. The van der Waals surface area contributed by atoms with Crippen LogP contribution in [0.25, 0.3) is 28.2 Å². The molecule has 2 aromatic heterocycles. The summed E-state index contributed by atoms with van der Waals surface area (Å²) < 4.78 is 2.19. The van der Waals surface area contributed by atoms with E-state index in [1.54, 1.807) is 24.3 Å². The predicted octanol–water partition coefficient (Wildman–Crippen LogP) is 6.29. The molecule has 0 radical (unpaired) electrons. The van der Waals surface area contributed by atoms with Crippen LogP contribution in [-0.4, -0.2) is 38.0 Å². The molecule has 0 saturated heterocycles. The summed E-state index contributed by atoms with van der Waals surface area (Å²) in [6.45, 7) is 0. The number of rotatable bonds is 8. The highest BCUT2D eigenvalue weighted by Gasteiger charge is 2.45. The quantitative estimate of drug-likeness (QED) is 0.219. The van der Waals surface area contributed by atoms with Gasteiger partial charge in [-0.1, -0.05) is 31.0 Å². The number of aryl methyl sites for hydroxylation is 1. The zero-order valence-electron chi connectivity index (χ0n) is 23.6.